The molecule has 0 saturated carbocycles. The lowest BCUT2D eigenvalue weighted by Crippen LogP contribution is -2.15. The van der Waals surface area contributed by atoms with Gasteiger partial charge in [0.25, 0.3) is 0 Å². The van der Waals surface area contributed by atoms with Crippen LogP contribution in [0.4, 0.5) is 0 Å². The average Bonchev–Trinajstić information content (AvgIpc) is 1.55. The molecule has 0 saturated heterocycles. The Bertz CT molecular complexity index is 7670. The minimum absolute atomic E-state index is 0.235. The molecule has 118 heavy (non-hydrogen) atoms. The van der Waals surface area contributed by atoms with Crippen LogP contribution >= 0.6 is 0 Å². The van der Waals surface area contributed by atoms with Crippen LogP contribution in [0.2, 0.25) is 0 Å². The molecule has 8 heteroatoms. The number of hydrogen-bond donors (Lipinski definition) is 0. The van der Waals surface area contributed by atoms with Gasteiger partial charge in [-0.05, 0) is 172 Å². The highest BCUT2D eigenvalue weighted by Crippen LogP contribution is 2.55. The van der Waals surface area contributed by atoms with Gasteiger partial charge in [0.2, 0.25) is 0 Å². The molecule has 21 aromatic rings. The first-order chi connectivity index (χ1) is 58.0. The lowest BCUT2D eigenvalue weighted by molar-refractivity contribution is 0.661. The van der Waals surface area contributed by atoms with Crippen molar-refractivity contribution in [1.29, 1.82) is 0 Å². The summed E-state index contributed by atoms with van der Waals surface area (Å²) in [6, 6.07) is 136. The summed E-state index contributed by atoms with van der Waals surface area (Å²) >= 11 is 0. The Kier molecular flexibility index (Phi) is 15.5. The van der Waals surface area contributed by atoms with Crippen molar-refractivity contribution in [2.24, 2.45) is 0 Å². The van der Waals surface area contributed by atoms with Gasteiger partial charge in [-0.25, -0.2) is 29.9 Å². The van der Waals surface area contributed by atoms with E-state index in [4.69, 9.17) is 29.9 Å². The SMILES string of the molecule is CC1(C)c2ccc(-c3cccc(-c4nc(-c5ccccc5)nc(-c5cccc(-c6ccc7ccccc7c6)c5-n5c6ccccc6c6cc7c(cc65)C(C)(C)c5ccccc5-7)n4)c3)cc2-c2cc3c4ccccc4n(-c4cc(-c5nc(-c6ccccc6)nc(-c6ccccc6)n5)ccc4-c4ccc(-c5ccc6ccccc6c5)cc4)c3cc21. The standard InChI is InChI=1S/C110H74N8/c1-109(2)93-43-21-18-38-84(93)89-63-92-86-40-20-23-45-98(86)118(101(92)66-95(89)109)102-83(79-53-49-68-27-15-17-35-75(68)59-79)41-25-42-87(102)108-115-105(73-32-12-7-13-33-73)114-106(116-108)80-37-24-36-76(60-80)78-55-57-94-88(61-78)90-64-91-85-39-19-22-44-97(85)117(100(91)65-96(90)110(94,3)4)99-62-81(107-112-103(71-28-8-5-9-29-71)111-104(113-107)72-30-10-6-11-31-72)54-56-82(99)70-50-46-69(47-51-70)77-52-48-67-26-14-16-34-74(67)58-77/h5-66H,1-4H3. The van der Waals surface area contributed by atoms with E-state index in [1.165, 1.54) is 82.4 Å². The van der Waals surface area contributed by atoms with Crippen molar-refractivity contribution in [3.63, 3.8) is 0 Å². The van der Waals surface area contributed by atoms with E-state index in [0.29, 0.717) is 34.9 Å². The molecule has 0 unspecified atom stereocenters. The smallest absolute Gasteiger partial charge is 0.166 e. The molecule has 0 radical (unpaired) electrons. The molecule has 0 fully saturated rings. The third-order valence-corrected chi connectivity index (χ3v) is 25.0. The summed E-state index contributed by atoms with van der Waals surface area (Å²) in [7, 11) is 0. The maximum absolute atomic E-state index is 5.69. The largest absolute Gasteiger partial charge is 0.309 e. The van der Waals surface area contributed by atoms with Gasteiger partial charge in [0.1, 0.15) is 0 Å². The predicted octanol–water partition coefficient (Wildman–Crippen LogP) is 27.8. The summed E-state index contributed by atoms with van der Waals surface area (Å²) in [4.78, 5) is 32.4. The quantitative estimate of drug-likeness (QED) is 0.121. The minimum atomic E-state index is -0.377. The van der Waals surface area contributed by atoms with Crippen LogP contribution in [0.25, 0.3) is 212 Å². The second-order valence-corrected chi connectivity index (χ2v) is 32.5. The molecular weight excluding hydrogens is 1430 g/mol. The molecule has 2 aliphatic rings. The van der Waals surface area contributed by atoms with Crippen LogP contribution in [-0.4, -0.2) is 39.0 Å². The molecule has 0 spiro atoms. The average molecular weight is 1510 g/mol. The van der Waals surface area contributed by atoms with E-state index in [1.54, 1.807) is 0 Å². The molecule has 4 heterocycles. The van der Waals surface area contributed by atoms with E-state index in [0.717, 1.165) is 117 Å². The van der Waals surface area contributed by atoms with Gasteiger partial charge in [0, 0.05) is 76.9 Å². The number of rotatable bonds is 12. The molecule has 554 valence electrons. The monoisotopic (exact) mass is 1510 g/mol. The summed E-state index contributed by atoms with van der Waals surface area (Å²) in [5, 5.41) is 9.48. The third-order valence-electron chi connectivity index (χ3n) is 25.0. The molecule has 4 aromatic heterocycles. The van der Waals surface area contributed by atoms with Crippen molar-refractivity contribution >= 4 is 65.2 Å². The van der Waals surface area contributed by atoms with E-state index in [9.17, 15) is 0 Å². The Balaban J connectivity index is 0.673. The number of nitrogens with zero attached hydrogens (tertiary/aromatic N) is 8. The Labute approximate surface area is 683 Å². The molecule has 8 nitrogen and oxygen atoms in total. The zero-order valence-electron chi connectivity index (χ0n) is 65.4. The molecule has 0 N–H and O–H groups in total. The van der Waals surface area contributed by atoms with Crippen LogP contribution in [0.15, 0.2) is 376 Å². The van der Waals surface area contributed by atoms with Crippen molar-refractivity contribution in [2.45, 2.75) is 38.5 Å². The summed E-state index contributed by atoms with van der Waals surface area (Å²) in [5.74, 6) is 3.55. The lowest BCUT2D eigenvalue weighted by Gasteiger charge is -2.22. The number of fused-ring (bicyclic) bond motifs is 14. The molecule has 23 rings (SSSR count). The van der Waals surface area contributed by atoms with E-state index < -0.39 is 0 Å². The fourth-order valence-electron chi connectivity index (χ4n) is 19.0. The van der Waals surface area contributed by atoms with Crippen molar-refractivity contribution in [3.8, 4) is 146 Å². The topological polar surface area (TPSA) is 87.2 Å². The first-order valence-electron chi connectivity index (χ1n) is 40.5. The van der Waals surface area contributed by atoms with Gasteiger partial charge in [0.15, 0.2) is 34.9 Å². The van der Waals surface area contributed by atoms with Crippen LogP contribution in [0.1, 0.15) is 49.9 Å². The molecule has 0 bridgehead atoms. The first kappa shape index (κ1) is 68.5. The van der Waals surface area contributed by atoms with Gasteiger partial charge in [-0.3, -0.25) is 0 Å². The maximum atomic E-state index is 5.69. The predicted molar refractivity (Wildman–Crippen MR) is 486 cm³/mol. The van der Waals surface area contributed by atoms with E-state index in [-0.39, 0.29) is 10.8 Å². The Morgan fingerprint density at radius 2 is 0.576 bits per heavy atom. The fraction of sp³-hybridized carbons (Fsp3) is 0.0545. The zero-order chi connectivity index (χ0) is 78.5. The molecule has 2 aliphatic carbocycles. The number of benzene rings is 17. The van der Waals surface area contributed by atoms with Crippen LogP contribution in [0.5, 0.6) is 0 Å². The van der Waals surface area contributed by atoms with E-state index in [2.05, 4.69) is 370 Å². The van der Waals surface area contributed by atoms with Crippen LogP contribution < -0.4 is 0 Å². The van der Waals surface area contributed by atoms with Crippen molar-refractivity contribution in [1.82, 2.24) is 39.0 Å². The van der Waals surface area contributed by atoms with Gasteiger partial charge >= 0.3 is 0 Å². The summed E-state index contributed by atoms with van der Waals surface area (Å²) in [5.41, 5.74) is 30.2. The maximum Gasteiger partial charge on any atom is 0.166 e. The van der Waals surface area contributed by atoms with E-state index in [1.807, 2.05) is 42.5 Å². The van der Waals surface area contributed by atoms with Gasteiger partial charge in [-0.1, -0.05) is 331 Å². The van der Waals surface area contributed by atoms with Crippen LogP contribution in [0.3, 0.4) is 0 Å². The minimum Gasteiger partial charge on any atom is -0.309 e. The highest BCUT2D eigenvalue weighted by atomic mass is 15.1. The molecular formula is C110H74N8. The Morgan fingerprint density at radius 1 is 0.186 bits per heavy atom. The second-order valence-electron chi connectivity index (χ2n) is 32.5. The second kappa shape index (κ2) is 26.7. The highest BCUT2D eigenvalue weighted by molar-refractivity contribution is 6.15. The molecule has 17 aromatic carbocycles. The van der Waals surface area contributed by atoms with Gasteiger partial charge in [0.05, 0.1) is 33.4 Å². The Hall–Kier alpha value is -15.1. The number of para-hydroxylation sites is 3. The summed E-state index contributed by atoms with van der Waals surface area (Å²) < 4.78 is 4.99. The number of aromatic nitrogens is 8. The number of hydrogen-bond acceptors (Lipinski definition) is 6. The Morgan fingerprint density at radius 3 is 1.19 bits per heavy atom. The summed E-state index contributed by atoms with van der Waals surface area (Å²) in [6.07, 6.45) is 0. The van der Waals surface area contributed by atoms with Crippen LogP contribution in [-0.2, 0) is 10.8 Å². The zero-order valence-corrected chi connectivity index (χ0v) is 65.4. The van der Waals surface area contributed by atoms with Crippen molar-refractivity contribution in [2.75, 3.05) is 0 Å². The lowest BCUT2D eigenvalue weighted by atomic mass is 9.82. The van der Waals surface area contributed by atoms with Gasteiger partial charge in [-0.15, -0.1) is 0 Å². The molecule has 0 amide bonds. The third kappa shape index (κ3) is 11.0. The van der Waals surface area contributed by atoms with Crippen LogP contribution in [0, 0.1) is 0 Å². The molecule has 0 aliphatic heterocycles. The van der Waals surface area contributed by atoms with Gasteiger partial charge < -0.3 is 9.13 Å². The molecule has 0 atom stereocenters. The van der Waals surface area contributed by atoms with Crippen molar-refractivity contribution < 1.29 is 0 Å². The van der Waals surface area contributed by atoms with E-state index >= 15 is 0 Å². The van der Waals surface area contributed by atoms with Gasteiger partial charge in [-0.2, -0.15) is 0 Å². The summed E-state index contributed by atoms with van der Waals surface area (Å²) in [6.45, 7) is 9.50. The highest BCUT2D eigenvalue weighted by Gasteiger charge is 2.39. The van der Waals surface area contributed by atoms with Crippen molar-refractivity contribution in [3.05, 3.63) is 398 Å². The normalized spacial score (nSPS) is 13.1. The fourth-order valence-corrected chi connectivity index (χ4v) is 19.0. The first-order valence-corrected chi connectivity index (χ1v) is 40.5.